The summed E-state index contributed by atoms with van der Waals surface area (Å²) in [5, 5.41) is 14.7. The molecule has 2 rings (SSSR count). The Morgan fingerprint density at radius 2 is 1.57 bits per heavy atom. The molecule has 0 saturated heterocycles. The second-order valence-electron chi connectivity index (χ2n) is 4.37. The number of rotatable bonds is 3. The van der Waals surface area contributed by atoms with E-state index in [4.69, 9.17) is 0 Å². The lowest BCUT2D eigenvalue weighted by molar-refractivity contribution is -0.114. The van der Waals surface area contributed by atoms with Gasteiger partial charge in [0.15, 0.2) is 0 Å². The molecule has 6 heteroatoms. The fraction of sp³-hybridized carbons (Fsp3) is 0.0667. The lowest BCUT2D eigenvalue weighted by atomic mass is 10.1. The molecule has 0 aliphatic carbocycles. The highest BCUT2D eigenvalue weighted by atomic mass is 19.1. The molecule has 0 radical (unpaired) electrons. The third-order valence-electron chi connectivity index (χ3n) is 2.67. The Hall–Kier alpha value is -2.89. The molecule has 0 saturated carbocycles. The summed E-state index contributed by atoms with van der Waals surface area (Å²) in [7, 11) is 0. The first kappa shape index (κ1) is 14.5. The number of benzene rings is 2. The van der Waals surface area contributed by atoms with Crippen LogP contribution in [0.2, 0.25) is 0 Å². The van der Waals surface area contributed by atoms with Crippen molar-refractivity contribution in [3.63, 3.8) is 0 Å². The number of phenolic OH excluding ortho intramolecular Hbond substituents is 1. The van der Waals surface area contributed by atoms with Crippen LogP contribution in [0, 0.1) is 5.82 Å². The Bertz CT molecular complexity index is 684. The first-order valence-electron chi connectivity index (χ1n) is 6.13. The zero-order valence-electron chi connectivity index (χ0n) is 11.2. The van der Waals surface area contributed by atoms with Crippen molar-refractivity contribution >= 4 is 23.2 Å². The van der Waals surface area contributed by atoms with Crippen LogP contribution in [-0.4, -0.2) is 16.9 Å². The first-order chi connectivity index (χ1) is 9.95. The summed E-state index contributed by atoms with van der Waals surface area (Å²) in [6, 6.07) is 9.53. The van der Waals surface area contributed by atoms with Gasteiger partial charge in [0.2, 0.25) is 5.91 Å². The minimum absolute atomic E-state index is 0.152. The van der Waals surface area contributed by atoms with Crippen molar-refractivity contribution in [3.8, 4) is 5.75 Å². The number of aromatic hydroxyl groups is 1. The molecule has 0 aliphatic heterocycles. The van der Waals surface area contributed by atoms with Crippen molar-refractivity contribution in [2.24, 2.45) is 0 Å². The average molecular weight is 288 g/mol. The van der Waals surface area contributed by atoms with Crippen LogP contribution in [-0.2, 0) is 4.79 Å². The van der Waals surface area contributed by atoms with E-state index in [1.165, 1.54) is 6.92 Å². The Morgan fingerprint density at radius 3 is 2.14 bits per heavy atom. The second-order valence-corrected chi connectivity index (χ2v) is 4.37. The summed E-state index contributed by atoms with van der Waals surface area (Å²) < 4.78 is 13.1. The molecule has 0 atom stereocenters. The largest absolute Gasteiger partial charge is 0.507 e. The van der Waals surface area contributed by atoms with Gasteiger partial charge < -0.3 is 15.7 Å². The number of carbonyl (C=O) groups excluding carboxylic acids is 2. The number of anilines is 2. The van der Waals surface area contributed by atoms with Gasteiger partial charge in [0.05, 0.1) is 5.56 Å². The number of halogens is 1. The third kappa shape index (κ3) is 3.79. The second kappa shape index (κ2) is 6.04. The monoisotopic (exact) mass is 288 g/mol. The molecule has 0 aromatic heterocycles. The number of amides is 2. The van der Waals surface area contributed by atoms with Gasteiger partial charge in [0.25, 0.3) is 5.91 Å². The molecule has 3 N–H and O–H groups in total. The topological polar surface area (TPSA) is 78.4 Å². The highest BCUT2D eigenvalue weighted by Crippen LogP contribution is 2.20. The molecule has 5 nitrogen and oxygen atoms in total. The smallest absolute Gasteiger partial charge is 0.259 e. The zero-order chi connectivity index (χ0) is 15.4. The lowest BCUT2D eigenvalue weighted by Crippen LogP contribution is -2.12. The van der Waals surface area contributed by atoms with Crippen molar-refractivity contribution in [2.75, 3.05) is 10.6 Å². The quantitative estimate of drug-likeness (QED) is 0.812. The van der Waals surface area contributed by atoms with Crippen LogP contribution in [0.5, 0.6) is 5.75 Å². The number of carbonyl (C=O) groups is 2. The Balaban J connectivity index is 2.12. The first-order valence-corrected chi connectivity index (χ1v) is 6.13. The normalized spacial score (nSPS) is 10.0. The highest BCUT2D eigenvalue weighted by Gasteiger charge is 2.12. The van der Waals surface area contributed by atoms with Gasteiger partial charge in [-0.25, -0.2) is 4.39 Å². The molecular formula is C15H13FN2O3. The van der Waals surface area contributed by atoms with Gasteiger partial charge in [0, 0.05) is 18.3 Å². The summed E-state index contributed by atoms with van der Waals surface area (Å²) >= 11 is 0. The van der Waals surface area contributed by atoms with Crippen molar-refractivity contribution < 1.29 is 19.1 Å². The Morgan fingerprint density at radius 1 is 1.00 bits per heavy atom. The zero-order valence-corrected chi connectivity index (χ0v) is 11.2. The van der Waals surface area contributed by atoms with Crippen LogP contribution < -0.4 is 10.6 Å². The predicted molar refractivity (Wildman–Crippen MR) is 76.8 cm³/mol. The fourth-order valence-corrected chi connectivity index (χ4v) is 1.73. The minimum Gasteiger partial charge on any atom is -0.507 e. The maximum absolute atomic E-state index is 13.1. The molecule has 0 bridgehead atoms. The third-order valence-corrected chi connectivity index (χ3v) is 2.67. The van der Waals surface area contributed by atoms with E-state index >= 15 is 0 Å². The van der Waals surface area contributed by atoms with E-state index in [0.717, 1.165) is 18.2 Å². The maximum atomic E-state index is 13.1. The highest BCUT2D eigenvalue weighted by molar-refractivity contribution is 6.06. The van der Waals surface area contributed by atoms with E-state index in [1.807, 2.05) is 0 Å². The predicted octanol–water partition coefficient (Wildman–Crippen LogP) is 2.74. The molecule has 21 heavy (non-hydrogen) atoms. The summed E-state index contributed by atoms with van der Waals surface area (Å²) in [4.78, 5) is 22.8. The van der Waals surface area contributed by atoms with E-state index in [9.17, 15) is 19.1 Å². The molecule has 0 unspecified atom stereocenters. The summed E-state index contributed by atoms with van der Waals surface area (Å²) in [5.41, 5.74) is 0.896. The molecule has 2 aromatic rings. The Labute approximate surface area is 120 Å². The van der Waals surface area contributed by atoms with E-state index < -0.39 is 11.7 Å². The fourth-order valence-electron chi connectivity index (χ4n) is 1.73. The van der Waals surface area contributed by atoms with E-state index in [1.54, 1.807) is 24.3 Å². The van der Waals surface area contributed by atoms with Crippen LogP contribution in [0.4, 0.5) is 15.8 Å². The van der Waals surface area contributed by atoms with Crippen LogP contribution in [0.25, 0.3) is 0 Å². The van der Waals surface area contributed by atoms with Gasteiger partial charge in [-0.2, -0.15) is 0 Å². The summed E-state index contributed by atoms with van der Waals surface area (Å²) in [6.45, 7) is 1.39. The van der Waals surface area contributed by atoms with Gasteiger partial charge >= 0.3 is 0 Å². The van der Waals surface area contributed by atoms with Crippen molar-refractivity contribution in [1.82, 2.24) is 0 Å². The molecule has 0 fully saturated rings. The minimum atomic E-state index is -0.626. The van der Waals surface area contributed by atoms with Crippen LogP contribution in [0.3, 0.4) is 0 Å². The number of phenols is 1. The van der Waals surface area contributed by atoms with Gasteiger partial charge in [-0.15, -0.1) is 0 Å². The number of hydrogen-bond donors (Lipinski definition) is 3. The van der Waals surface area contributed by atoms with E-state index in [-0.39, 0.29) is 17.2 Å². The van der Waals surface area contributed by atoms with Crippen molar-refractivity contribution in [3.05, 3.63) is 53.8 Å². The van der Waals surface area contributed by atoms with E-state index in [2.05, 4.69) is 10.6 Å². The molecule has 0 aliphatic rings. The number of hydrogen-bond acceptors (Lipinski definition) is 3. The maximum Gasteiger partial charge on any atom is 0.259 e. The summed E-state index contributed by atoms with van der Waals surface area (Å²) in [6.07, 6.45) is 0. The van der Waals surface area contributed by atoms with Gasteiger partial charge in [-0.3, -0.25) is 9.59 Å². The molecule has 0 spiro atoms. The van der Waals surface area contributed by atoms with Crippen LogP contribution in [0.1, 0.15) is 17.3 Å². The van der Waals surface area contributed by atoms with Gasteiger partial charge in [0.1, 0.15) is 11.6 Å². The van der Waals surface area contributed by atoms with E-state index in [0.29, 0.717) is 11.4 Å². The lowest BCUT2D eigenvalue weighted by Gasteiger charge is -2.08. The van der Waals surface area contributed by atoms with Crippen LogP contribution >= 0.6 is 0 Å². The Kier molecular flexibility index (Phi) is 4.18. The summed E-state index contributed by atoms with van der Waals surface area (Å²) in [5.74, 6) is -1.74. The standard InChI is InChI=1S/C15H13FN2O3/c1-9(19)17-11-3-5-12(6-4-11)18-15(21)13-8-10(16)2-7-14(13)20/h2-8,20H,1H3,(H,17,19)(H,18,21). The van der Waals surface area contributed by atoms with Crippen LogP contribution in [0.15, 0.2) is 42.5 Å². The molecule has 0 heterocycles. The van der Waals surface area contributed by atoms with Crippen molar-refractivity contribution in [1.29, 1.82) is 0 Å². The SMILES string of the molecule is CC(=O)Nc1ccc(NC(=O)c2cc(F)ccc2O)cc1. The van der Waals surface area contributed by atoms with Gasteiger partial charge in [-0.1, -0.05) is 0 Å². The number of nitrogens with one attached hydrogen (secondary N) is 2. The molecule has 2 amide bonds. The van der Waals surface area contributed by atoms with Crippen molar-refractivity contribution in [2.45, 2.75) is 6.92 Å². The molecular weight excluding hydrogens is 275 g/mol. The van der Waals surface area contributed by atoms with Gasteiger partial charge in [-0.05, 0) is 42.5 Å². The molecule has 108 valence electrons. The molecule has 2 aromatic carbocycles. The average Bonchev–Trinajstić information content (AvgIpc) is 2.43.